The van der Waals surface area contributed by atoms with Crippen LogP contribution in [0.5, 0.6) is 0 Å². The Bertz CT molecular complexity index is 419. The number of benzene rings is 1. The lowest BCUT2D eigenvalue weighted by molar-refractivity contribution is -0.123. The van der Waals surface area contributed by atoms with Crippen LogP contribution < -0.4 is 5.73 Å². The number of carbonyl (C=O) groups excluding carboxylic acids is 1. The number of primary amides is 1. The number of fused-ring (bicyclic) bond motifs is 1. The molecule has 0 saturated heterocycles. The van der Waals surface area contributed by atoms with Gasteiger partial charge in [-0.25, -0.2) is 4.39 Å². The fraction of sp³-hybridized carbons (Fsp3) is 0.417. The zero-order chi connectivity index (χ0) is 11.7. The molecule has 1 heterocycles. The monoisotopic (exact) mass is 222 g/mol. The Hall–Kier alpha value is -1.42. The van der Waals surface area contributed by atoms with Crippen LogP contribution in [0.2, 0.25) is 0 Å². The number of halogens is 1. The SMILES string of the molecule is CC[C@@H](C(N)=O)N1Cc2cccc(F)c2C1. The molecule has 1 aliphatic rings. The number of nitrogens with zero attached hydrogens (tertiary/aromatic N) is 1. The summed E-state index contributed by atoms with van der Waals surface area (Å²) in [5.41, 5.74) is 6.98. The predicted octanol–water partition coefficient (Wildman–Crippen LogP) is 1.41. The van der Waals surface area contributed by atoms with Gasteiger partial charge in [0.05, 0.1) is 6.04 Å². The molecule has 3 nitrogen and oxygen atoms in total. The quantitative estimate of drug-likeness (QED) is 0.840. The van der Waals surface area contributed by atoms with Crippen LogP contribution in [0.3, 0.4) is 0 Å². The molecule has 4 heteroatoms. The minimum absolute atomic E-state index is 0.195. The van der Waals surface area contributed by atoms with Crippen LogP contribution in [-0.4, -0.2) is 16.8 Å². The topological polar surface area (TPSA) is 46.3 Å². The first-order valence-corrected chi connectivity index (χ1v) is 5.43. The molecular formula is C12H15FN2O. The molecule has 0 bridgehead atoms. The first-order valence-electron chi connectivity index (χ1n) is 5.43. The van der Waals surface area contributed by atoms with Crippen molar-refractivity contribution in [2.75, 3.05) is 0 Å². The van der Waals surface area contributed by atoms with E-state index >= 15 is 0 Å². The van der Waals surface area contributed by atoms with Crippen molar-refractivity contribution in [1.82, 2.24) is 4.90 Å². The van der Waals surface area contributed by atoms with Crippen LogP contribution in [0.1, 0.15) is 24.5 Å². The van der Waals surface area contributed by atoms with Gasteiger partial charge in [0.25, 0.3) is 0 Å². The van der Waals surface area contributed by atoms with Crippen molar-refractivity contribution in [1.29, 1.82) is 0 Å². The van der Waals surface area contributed by atoms with Crippen molar-refractivity contribution in [3.05, 3.63) is 35.1 Å². The van der Waals surface area contributed by atoms with Crippen LogP contribution in [0.15, 0.2) is 18.2 Å². The highest BCUT2D eigenvalue weighted by molar-refractivity contribution is 5.79. The lowest BCUT2D eigenvalue weighted by atomic mass is 10.1. The van der Waals surface area contributed by atoms with E-state index in [1.54, 1.807) is 6.07 Å². The summed E-state index contributed by atoms with van der Waals surface area (Å²) in [6.45, 7) is 2.99. The van der Waals surface area contributed by atoms with Gasteiger partial charge < -0.3 is 5.73 Å². The van der Waals surface area contributed by atoms with E-state index in [1.807, 2.05) is 17.9 Å². The lowest BCUT2D eigenvalue weighted by Gasteiger charge is -2.23. The molecule has 2 rings (SSSR count). The van der Waals surface area contributed by atoms with Gasteiger partial charge in [-0.15, -0.1) is 0 Å². The third kappa shape index (κ3) is 1.80. The molecule has 1 aromatic rings. The first-order chi connectivity index (χ1) is 7.63. The van der Waals surface area contributed by atoms with E-state index in [0.717, 1.165) is 5.56 Å². The van der Waals surface area contributed by atoms with Crippen LogP contribution in [0.4, 0.5) is 4.39 Å². The molecule has 0 spiro atoms. The predicted molar refractivity (Wildman–Crippen MR) is 58.9 cm³/mol. The molecule has 16 heavy (non-hydrogen) atoms. The van der Waals surface area contributed by atoms with Crippen molar-refractivity contribution >= 4 is 5.91 Å². The second-order valence-electron chi connectivity index (χ2n) is 4.11. The van der Waals surface area contributed by atoms with Crippen LogP contribution in [-0.2, 0) is 17.9 Å². The highest BCUT2D eigenvalue weighted by Crippen LogP contribution is 2.27. The molecular weight excluding hydrogens is 207 g/mol. The molecule has 0 aliphatic carbocycles. The fourth-order valence-corrected chi connectivity index (χ4v) is 2.27. The molecule has 0 saturated carbocycles. The average molecular weight is 222 g/mol. The fourth-order valence-electron chi connectivity index (χ4n) is 2.27. The number of amides is 1. The van der Waals surface area contributed by atoms with Crippen LogP contribution in [0.25, 0.3) is 0 Å². The van der Waals surface area contributed by atoms with E-state index in [-0.39, 0.29) is 17.8 Å². The summed E-state index contributed by atoms with van der Waals surface area (Å²) in [6.07, 6.45) is 0.658. The van der Waals surface area contributed by atoms with Crippen molar-refractivity contribution in [2.45, 2.75) is 32.5 Å². The number of hydrogen-bond donors (Lipinski definition) is 1. The van der Waals surface area contributed by atoms with Gasteiger partial charge in [0, 0.05) is 18.7 Å². The number of carbonyl (C=O) groups is 1. The zero-order valence-corrected chi connectivity index (χ0v) is 9.24. The largest absolute Gasteiger partial charge is 0.368 e. The Morgan fingerprint density at radius 2 is 2.31 bits per heavy atom. The number of rotatable bonds is 3. The Morgan fingerprint density at radius 1 is 1.56 bits per heavy atom. The van der Waals surface area contributed by atoms with Gasteiger partial charge in [-0.05, 0) is 18.1 Å². The van der Waals surface area contributed by atoms with E-state index in [4.69, 9.17) is 5.73 Å². The summed E-state index contributed by atoms with van der Waals surface area (Å²) >= 11 is 0. The molecule has 0 aromatic heterocycles. The summed E-state index contributed by atoms with van der Waals surface area (Å²) in [5, 5.41) is 0. The maximum absolute atomic E-state index is 13.5. The summed E-state index contributed by atoms with van der Waals surface area (Å²) in [4.78, 5) is 13.2. The molecule has 2 N–H and O–H groups in total. The van der Waals surface area contributed by atoms with Crippen molar-refractivity contribution in [3.63, 3.8) is 0 Å². The highest BCUT2D eigenvalue weighted by atomic mass is 19.1. The highest BCUT2D eigenvalue weighted by Gasteiger charge is 2.29. The van der Waals surface area contributed by atoms with E-state index < -0.39 is 0 Å². The van der Waals surface area contributed by atoms with E-state index in [2.05, 4.69) is 0 Å². The number of nitrogens with two attached hydrogens (primary N) is 1. The normalized spacial score (nSPS) is 17.1. The molecule has 0 radical (unpaired) electrons. The van der Waals surface area contributed by atoms with Crippen molar-refractivity contribution in [2.24, 2.45) is 5.73 Å². The minimum atomic E-state index is -0.337. The van der Waals surface area contributed by atoms with Gasteiger partial charge in [-0.1, -0.05) is 19.1 Å². The summed E-state index contributed by atoms with van der Waals surface area (Å²) in [6, 6.07) is 4.74. The van der Waals surface area contributed by atoms with Crippen molar-refractivity contribution < 1.29 is 9.18 Å². The Labute approximate surface area is 94.0 Å². The van der Waals surface area contributed by atoms with Crippen LogP contribution >= 0.6 is 0 Å². The van der Waals surface area contributed by atoms with E-state index in [1.165, 1.54) is 6.07 Å². The van der Waals surface area contributed by atoms with Gasteiger partial charge in [0.2, 0.25) is 5.91 Å². The van der Waals surface area contributed by atoms with Gasteiger partial charge in [-0.3, -0.25) is 9.69 Å². The summed E-state index contributed by atoms with van der Waals surface area (Å²) in [5.74, 6) is -0.532. The molecule has 0 unspecified atom stereocenters. The lowest BCUT2D eigenvalue weighted by Crippen LogP contribution is -2.41. The summed E-state index contributed by atoms with van der Waals surface area (Å²) in [7, 11) is 0. The van der Waals surface area contributed by atoms with Crippen LogP contribution in [0, 0.1) is 5.82 Å². The maximum Gasteiger partial charge on any atom is 0.234 e. The Balaban J connectivity index is 2.22. The standard InChI is InChI=1S/C12H15FN2O/c1-2-11(12(14)16)15-6-8-4-3-5-10(13)9(8)7-15/h3-5,11H,2,6-7H2,1H3,(H2,14,16)/t11-/m0/s1. The second-order valence-corrected chi connectivity index (χ2v) is 4.11. The average Bonchev–Trinajstić information content (AvgIpc) is 2.63. The molecule has 1 atom stereocenters. The van der Waals surface area contributed by atoms with E-state index in [0.29, 0.717) is 25.1 Å². The van der Waals surface area contributed by atoms with Gasteiger partial charge in [0.1, 0.15) is 5.82 Å². The molecule has 86 valence electrons. The minimum Gasteiger partial charge on any atom is -0.368 e. The summed E-state index contributed by atoms with van der Waals surface area (Å²) < 4.78 is 13.5. The zero-order valence-electron chi connectivity index (χ0n) is 9.24. The third-order valence-corrected chi connectivity index (χ3v) is 3.11. The first kappa shape index (κ1) is 11.1. The van der Waals surface area contributed by atoms with Gasteiger partial charge >= 0.3 is 0 Å². The maximum atomic E-state index is 13.5. The smallest absolute Gasteiger partial charge is 0.234 e. The Kier molecular flexibility index (Phi) is 2.92. The number of hydrogen-bond acceptors (Lipinski definition) is 2. The van der Waals surface area contributed by atoms with Crippen molar-refractivity contribution in [3.8, 4) is 0 Å². The molecule has 1 aromatic carbocycles. The molecule has 0 fully saturated rings. The molecule has 1 aliphatic heterocycles. The molecule has 1 amide bonds. The van der Waals surface area contributed by atoms with Gasteiger partial charge in [-0.2, -0.15) is 0 Å². The Morgan fingerprint density at radius 3 is 2.88 bits per heavy atom. The van der Waals surface area contributed by atoms with Gasteiger partial charge in [0.15, 0.2) is 0 Å². The van der Waals surface area contributed by atoms with E-state index in [9.17, 15) is 9.18 Å². The second kappa shape index (κ2) is 4.22. The third-order valence-electron chi connectivity index (χ3n) is 3.11.